The normalized spacial score (nSPS) is 16.9. The van der Waals surface area contributed by atoms with Crippen LogP contribution in [0, 0.1) is 0 Å². The van der Waals surface area contributed by atoms with Gasteiger partial charge in [0.15, 0.2) is 5.82 Å². The third-order valence-electron chi connectivity index (χ3n) is 4.10. The van der Waals surface area contributed by atoms with Crippen LogP contribution < -0.4 is 10.6 Å². The van der Waals surface area contributed by atoms with Gasteiger partial charge < -0.3 is 15.5 Å². The van der Waals surface area contributed by atoms with Gasteiger partial charge in [0.1, 0.15) is 5.02 Å². The molecule has 0 aromatic carbocycles. The predicted octanol–water partition coefficient (Wildman–Crippen LogP) is 2.85. The van der Waals surface area contributed by atoms with Crippen LogP contribution in [0.3, 0.4) is 0 Å². The van der Waals surface area contributed by atoms with Crippen molar-refractivity contribution in [2.45, 2.75) is 38.1 Å². The Labute approximate surface area is 126 Å². The van der Waals surface area contributed by atoms with E-state index in [1.165, 1.54) is 19.3 Å². The average Bonchev–Trinajstić information content (AvgIpc) is 2.37. The van der Waals surface area contributed by atoms with E-state index in [4.69, 9.17) is 11.6 Å². The van der Waals surface area contributed by atoms with Crippen molar-refractivity contribution in [3.8, 4) is 0 Å². The van der Waals surface area contributed by atoms with Crippen molar-refractivity contribution in [1.29, 1.82) is 0 Å². The van der Waals surface area contributed by atoms with Gasteiger partial charge in [0.2, 0.25) is 5.95 Å². The maximum Gasteiger partial charge on any atom is 0.224 e. The molecule has 5 nitrogen and oxygen atoms in total. The highest BCUT2D eigenvalue weighted by atomic mass is 35.5. The Kier molecular flexibility index (Phi) is 5.05. The summed E-state index contributed by atoms with van der Waals surface area (Å²) in [5.41, 5.74) is 0.241. The highest BCUT2D eigenvalue weighted by Gasteiger charge is 2.38. The van der Waals surface area contributed by atoms with Crippen LogP contribution in [0.2, 0.25) is 5.02 Å². The minimum atomic E-state index is 0.241. The van der Waals surface area contributed by atoms with Crippen LogP contribution in [0.15, 0.2) is 6.20 Å². The maximum atomic E-state index is 6.17. The number of anilines is 2. The van der Waals surface area contributed by atoms with Crippen molar-refractivity contribution in [1.82, 2.24) is 14.9 Å². The Bertz CT molecular complexity index is 445. The molecule has 2 rings (SSSR count). The lowest BCUT2D eigenvalue weighted by Gasteiger charge is -2.47. The van der Waals surface area contributed by atoms with Crippen LogP contribution in [0.5, 0.6) is 0 Å². The number of nitrogens with one attached hydrogen (secondary N) is 2. The van der Waals surface area contributed by atoms with E-state index < -0.39 is 0 Å². The Morgan fingerprint density at radius 1 is 1.35 bits per heavy atom. The molecule has 1 aliphatic carbocycles. The van der Waals surface area contributed by atoms with E-state index in [0.717, 1.165) is 19.5 Å². The molecule has 1 saturated carbocycles. The van der Waals surface area contributed by atoms with Crippen molar-refractivity contribution in [2.75, 3.05) is 37.8 Å². The molecule has 1 aromatic heterocycles. The summed E-state index contributed by atoms with van der Waals surface area (Å²) >= 11 is 6.17. The van der Waals surface area contributed by atoms with Crippen molar-refractivity contribution < 1.29 is 0 Å². The Morgan fingerprint density at radius 2 is 2.10 bits per heavy atom. The molecule has 20 heavy (non-hydrogen) atoms. The number of hydrogen-bond donors (Lipinski definition) is 2. The van der Waals surface area contributed by atoms with Gasteiger partial charge in [-0.3, -0.25) is 0 Å². The molecule has 0 bridgehead atoms. The van der Waals surface area contributed by atoms with E-state index in [1.54, 1.807) is 6.20 Å². The quantitative estimate of drug-likeness (QED) is 0.810. The van der Waals surface area contributed by atoms with Gasteiger partial charge in [-0.05, 0) is 39.8 Å². The first-order chi connectivity index (χ1) is 9.57. The number of nitrogens with zero attached hydrogens (tertiary/aromatic N) is 3. The van der Waals surface area contributed by atoms with Crippen molar-refractivity contribution in [3.05, 3.63) is 11.2 Å². The van der Waals surface area contributed by atoms with Crippen LogP contribution in [0.25, 0.3) is 0 Å². The Morgan fingerprint density at radius 3 is 2.65 bits per heavy atom. The minimum absolute atomic E-state index is 0.241. The number of halogens is 1. The summed E-state index contributed by atoms with van der Waals surface area (Å²) < 4.78 is 0. The lowest BCUT2D eigenvalue weighted by molar-refractivity contribution is 0.0738. The van der Waals surface area contributed by atoms with Gasteiger partial charge in [-0.15, -0.1) is 0 Å². The molecule has 0 radical (unpaired) electrons. The van der Waals surface area contributed by atoms with Crippen LogP contribution in [0.1, 0.15) is 32.6 Å². The summed E-state index contributed by atoms with van der Waals surface area (Å²) in [5, 5.41) is 7.14. The van der Waals surface area contributed by atoms with Gasteiger partial charge in [-0.25, -0.2) is 4.98 Å². The van der Waals surface area contributed by atoms with Crippen LogP contribution in [0.4, 0.5) is 11.8 Å². The average molecular weight is 298 g/mol. The Hall–Kier alpha value is -1.07. The van der Waals surface area contributed by atoms with Gasteiger partial charge in [0.05, 0.1) is 6.20 Å². The number of likely N-dealkylation sites (N-methyl/N-ethyl adjacent to an activating group) is 1. The van der Waals surface area contributed by atoms with Gasteiger partial charge in [-0.2, -0.15) is 4.98 Å². The van der Waals surface area contributed by atoms with E-state index in [0.29, 0.717) is 16.8 Å². The zero-order valence-electron chi connectivity index (χ0n) is 12.5. The molecular formula is C14H24ClN5. The first-order valence-corrected chi connectivity index (χ1v) is 7.63. The highest BCUT2D eigenvalue weighted by molar-refractivity contribution is 6.32. The largest absolute Gasteiger partial charge is 0.367 e. The Balaban J connectivity index is 2.01. The maximum absolute atomic E-state index is 6.17. The molecular weight excluding hydrogens is 274 g/mol. The first kappa shape index (κ1) is 15.3. The van der Waals surface area contributed by atoms with Gasteiger partial charge in [-0.1, -0.05) is 18.5 Å². The zero-order chi connectivity index (χ0) is 14.6. The minimum Gasteiger partial charge on any atom is -0.367 e. The summed E-state index contributed by atoms with van der Waals surface area (Å²) in [5.74, 6) is 1.35. The highest BCUT2D eigenvalue weighted by Crippen LogP contribution is 2.36. The molecule has 1 aliphatic rings. The molecule has 0 unspecified atom stereocenters. The van der Waals surface area contributed by atoms with Crippen LogP contribution >= 0.6 is 11.6 Å². The number of aromatic nitrogens is 2. The van der Waals surface area contributed by atoms with Gasteiger partial charge in [0, 0.05) is 18.6 Å². The fraction of sp³-hybridized carbons (Fsp3) is 0.714. The second kappa shape index (κ2) is 6.59. The lowest BCUT2D eigenvalue weighted by Crippen LogP contribution is -2.54. The summed E-state index contributed by atoms with van der Waals surface area (Å²) in [4.78, 5) is 10.9. The fourth-order valence-corrected chi connectivity index (χ4v) is 2.59. The van der Waals surface area contributed by atoms with E-state index in [2.05, 4.69) is 46.5 Å². The molecule has 0 atom stereocenters. The van der Waals surface area contributed by atoms with Crippen molar-refractivity contribution in [2.24, 2.45) is 0 Å². The summed E-state index contributed by atoms with van der Waals surface area (Å²) in [7, 11) is 4.27. The molecule has 1 aromatic rings. The predicted molar refractivity (Wildman–Crippen MR) is 84.6 cm³/mol. The van der Waals surface area contributed by atoms with Gasteiger partial charge >= 0.3 is 0 Å². The van der Waals surface area contributed by atoms with Crippen molar-refractivity contribution >= 4 is 23.4 Å². The van der Waals surface area contributed by atoms with E-state index in [9.17, 15) is 0 Å². The zero-order valence-corrected chi connectivity index (χ0v) is 13.3. The summed E-state index contributed by atoms with van der Waals surface area (Å²) in [6, 6.07) is 0. The van der Waals surface area contributed by atoms with E-state index >= 15 is 0 Å². The molecule has 2 N–H and O–H groups in total. The van der Waals surface area contributed by atoms with Crippen molar-refractivity contribution in [3.63, 3.8) is 0 Å². The molecule has 1 fully saturated rings. The second-order valence-corrected chi connectivity index (χ2v) is 6.05. The second-order valence-electron chi connectivity index (χ2n) is 5.64. The van der Waals surface area contributed by atoms with Gasteiger partial charge in [0.25, 0.3) is 0 Å². The summed E-state index contributed by atoms with van der Waals surface area (Å²) in [6.45, 7) is 3.84. The molecule has 0 amide bonds. The third-order valence-corrected chi connectivity index (χ3v) is 4.37. The van der Waals surface area contributed by atoms with E-state index in [-0.39, 0.29) is 5.54 Å². The summed E-state index contributed by atoms with van der Waals surface area (Å²) in [6.07, 6.45) is 6.42. The number of hydrogen-bond acceptors (Lipinski definition) is 5. The molecule has 0 spiro atoms. The smallest absolute Gasteiger partial charge is 0.224 e. The molecule has 1 heterocycles. The SMILES string of the molecule is CCCNc1ncc(Cl)c(NCC2(N(C)C)CCC2)n1. The topological polar surface area (TPSA) is 53.1 Å². The third kappa shape index (κ3) is 3.33. The molecule has 6 heteroatoms. The molecule has 0 saturated heterocycles. The standard InChI is InChI=1S/C14H24ClN5/c1-4-8-16-13-17-9-11(15)12(19-13)18-10-14(20(2)3)6-5-7-14/h9H,4-8,10H2,1-3H3,(H2,16,17,18,19). The lowest BCUT2D eigenvalue weighted by atomic mass is 9.75. The van der Waals surface area contributed by atoms with Crippen LogP contribution in [-0.2, 0) is 0 Å². The first-order valence-electron chi connectivity index (χ1n) is 7.25. The fourth-order valence-electron chi connectivity index (χ4n) is 2.43. The number of rotatable bonds is 7. The van der Waals surface area contributed by atoms with Crippen LogP contribution in [-0.4, -0.2) is 47.6 Å². The molecule has 112 valence electrons. The molecule has 0 aliphatic heterocycles. The monoisotopic (exact) mass is 297 g/mol. The van der Waals surface area contributed by atoms with E-state index in [1.807, 2.05) is 0 Å².